The van der Waals surface area contributed by atoms with Crippen molar-refractivity contribution in [2.24, 2.45) is 5.41 Å². The van der Waals surface area contributed by atoms with Gasteiger partial charge in [-0.2, -0.15) is 0 Å². The van der Waals surface area contributed by atoms with Crippen LogP contribution < -0.4 is 10.6 Å². The summed E-state index contributed by atoms with van der Waals surface area (Å²) >= 11 is 0. The highest BCUT2D eigenvalue weighted by Gasteiger charge is 2.27. The van der Waals surface area contributed by atoms with E-state index in [1.165, 1.54) is 6.07 Å². The molecule has 1 rings (SSSR count). The van der Waals surface area contributed by atoms with Crippen molar-refractivity contribution in [2.45, 2.75) is 33.7 Å². The van der Waals surface area contributed by atoms with Gasteiger partial charge in [0.05, 0.1) is 4.92 Å². The minimum absolute atomic E-state index is 0.0675. The van der Waals surface area contributed by atoms with Gasteiger partial charge in [-0.05, 0) is 24.5 Å². The third-order valence-electron chi connectivity index (χ3n) is 3.38. The van der Waals surface area contributed by atoms with Crippen molar-refractivity contribution in [3.8, 4) is 0 Å². The lowest BCUT2D eigenvalue weighted by molar-refractivity contribution is -0.384. The van der Waals surface area contributed by atoms with Crippen molar-refractivity contribution >= 4 is 17.3 Å². The van der Waals surface area contributed by atoms with Gasteiger partial charge in [-0.25, -0.2) is 0 Å². The number of nitro groups is 1. The lowest BCUT2D eigenvalue weighted by Crippen LogP contribution is -2.41. The average Bonchev–Trinajstić information content (AvgIpc) is 2.36. The first-order chi connectivity index (χ1) is 9.18. The predicted molar refractivity (Wildman–Crippen MR) is 79.0 cm³/mol. The smallest absolute Gasteiger partial charge is 0.305 e. The van der Waals surface area contributed by atoms with Crippen molar-refractivity contribution in [3.63, 3.8) is 0 Å². The van der Waals surface area contributed by atoms with E-state index >= 15 is 0 Å². The van der Waals surface area contributed by atoms with Crippen LogP contribution in [0.15, 0.2) is 18.2 Å². The third kappa shape index (κ3) is 3.46. The molecule has 0 aliphatic rings. The van der Waals surface area contributed by atoms with E-state index in [0.29, 0.717) is 5.69 Å². The Morgan fingerprint density at radius 3 is 2.40 bits per heavy atom. The Hall–Kier alpha value is -2.11. The molecule has 0 spiro atoms. The van der Waals surface area contributed by atoms with E-state index in [-0.39, 0.29) is 22.7 Å². The first kappa shape index (κ1) is 15.9. The Morgan fingerprint density at radius 2 is 1.95 bits per heavy atom. The van der Waals surface area contributed by atoms with Crippen molar-refractivity contribution in [1.82, 2.24) is 5.32 Å². The second-order valence-corrected chi connectivity index (χ2v) is 5.77. The van der Waals surface area contributed by atoms with Gasteiger partial charge in [-0.3, -0.25) is 14.9 Å². The van der Waals surface area contributed by atoms with Crippen molar-refractivity contribution in [2.75, 3.05) is 12.4 Å². The second-order valence-electron chi connectivity index (χ2n) is 5.77. The summed E-state index contributed by atoms with van der Waals surface area (Å²) in [5.74, 6) is -0.434. The van der Waals surface area contributed by atoms with Gasteiger partial charge in [-0.15, -0.1) is 0 Å². The van der Waals surface area contributed by atoms with Gasteiger partial charge in [0.25, 0.3) is 5.91 Å². The minimum atomic E-state index is -0.539. The molecule has 0 heterocycles. The number of amides is 1. The van der Waals surface area contributed by atoms with Gasteiger partial charge in [0.2, 0.25) is 0 Å². The summed E-state index contributed by atoms with van der Waals surface area (Å²) in [4.78, 5) is 22.9. The number of hydrogen-bond acceptors (Lipinski definition) is 4. The molecule has 0 saturated carbocycles. The Balaban J connectivity index is 3.14. The van der Waals surface area contributed by atoms with Crippen molar-refractivity contribution in [1.29, 1.82) is 0 Å². The number of para-hydroxylation sites is 1. The van der Waals surface area contributed by atoms with E-state index in [4.69, 9.17) is 0 Å². The van der Waals surface area contributed by atoms with Crippen LogP contribution in [0, 0.1) is 15.5 Å². The summed E-state index contributed by atoms with van der Waals surface area (Å²) in [5.41, 5.74) is 0.0723. The molecular weight excluding hydrogens is 258 g/mol. The highest BCUT2D eigenvalue weighted by Crippen LogP contribution is 2.28. The molecule has 0 aliphatic carbocycles. The largest absolute Gasteiger partial charge is 0.383 e. The number of nitrogens with zero attached hydrogens (tertiary/aromatic N) is 1. The molecular formula is C14H21N3O3. The molecule has 0 aliphatic heterocycles. The maximum absolute atomic E-state index is 12.3. The molecule has 2 N–H and O–H groups in total. The lowest BCUT2D eigenvalue weighted by atomic mass is 9.88. The van der Waals surface area contributed by atoms with Gasteiger partial charge >= 0.3 is 5.69 Å². The molecule has 20 heavy (non-hydrogen) atoms. The van der Waals surface area contributed by atoms with Gasteiger partial charge in [0, 0.05) is 13.1 Å². The van der Waals surface area contributed by atoms with Crippen molar-refractivity contribution < 1.29 is 9.72 Å². The van der Waals surface area contributed by atoms with Gasteiger partial charge in [0.15, 0.2) is 0 Å². The fraction of sp³-hybridized carbons (Fsp3) is 0.500. The number of carbonyl (C=O) groups is 1. The summed E-state index contributed by atoms with van der Waals surface area (Å²) in [6.07, 6.45) is 0. The zero-order valence-electron chi connectivity index (χ0n) is 12.5. The summed E-state index contributed by atoms with van der Waals surface area (Å²) < 4.78 is 0. The number of benzene rings is 1. The van der Waals surface area contributed by atoms with Crippen LogP contribution in [-0.2, 0) is 0 Å². The molecule has 0 bridgehead atoms. The summed E-state index contributed by atoms with van der Waals surface area (Å²) in [6.45, 7) is 7.87. The Morgan fingerprint density at radius 1 is 1.35 bits per heavy atom. The predicted octanol–water partition coefficient (Wildman–Crippen LogP) is 2.80. The summed E-state index contributed by atoms with van der Waals surface area (Å²) in [6, 6.07) is 4.55. The molecule has 6 nitrogen and oxygen atoms in total. The summed E-state index contributed by atoms with van der Waals surface area (Å²) in [5, 5.41) is 16.7. The van der Waals surface area contributed by atoms with E-state index < -0.39 is 10.8 Å². The first-order valence-electron chi connectivity index (χ1n) is 6.44. The highest BCUT2D eigenvalue weighted by atomic mass is 16.6. The number of rotatable bonds is 4. The van der Waals surface area contributed by atoms with Crippen LogP contribution in [0.5, 0.6) is 0 Å². The van der Waals surface area contributed by atoms with Crippen LogP contribution in [-0.4, -0.2) is 23.9 Å². The third-order valence-corrected chi connectivity index (χ3v) is 3.38. The maximum Gasteiger partial charge on any atom is 0.305 e. The number of nitrogens with one attached hydrogen (secondary N) is 2. The number of hydrogen-bond donors (Lipinski definition) is 2. The topological polar surface area (TPSA) is 84.3 Å². The normalized spacial score (nSPS) is 12.7. The Kier molecular flexibility index (Phi) is 4.70. The van der Waals surface area contributed by atoms with Crippen LogP contribution in [0.2, 0.25) is 0 Å². The Labute approximate surface area is 118 Å². The van der Waals surface area contributed by atoms with Gasteiger partial charge < -0.3 is 10.6 Å². The average molecular weight is 279 g/mol. The van der Waals surface area contributed by atoms with Crippen molar-refractivity contribution in [3.05, 3.63) is 33.9 Å². The van der Waals surface area contributed by atoms with Crippen LogP contribution in [0.3, 0.4) is 0 Å². The zero-order valence-corrected chi connectivity index (χ0v) is 12.5. The summed E-state index contributed by atoms with van der Waals surface area (Å²) in [7, 11) is 1.59. The number of carbonyl (C=O) groups excluding carboxylic acids is 1. The molecule has 0 radical (unpaired) electrons. The number of anilines is 1. The van der Waals surface area contributed by atoms with Crippen LogP contribution in [0.1, 0.15) is 38.1 Å². The standard InChI is InChI=1S/C14H21N3O3/c1-9(14(2,3)4)16-13(18)10-7-6-8-11(15-5)12(10)17(19)20/h6-9,15H,1-5H3,(H,16,18). The van der Waals surface area contributed by atoms with Gasteiger partial charge in [-0.1, -0.05) is 26.8 Å². The second kappa shape index (κ2) is 5.90. The van der Waals surface area contributed by atoms with Crippen LogP contribution in [0.4, 0.5) is 11.4 Å². The molecule has 1 aromatic rings. The maximum atomic E-state index is 12.3. The molecule has 0 fully saturated rings. The fourth-order valence-corrected chi connectivity index (χ4v) is 1.62. The molecule has 0 saturated heterocycles. The SMILES string of the molecule is CNc1cccc(C(=O)NC(C)C(C)(C)C)c1[N+](=O)[O-]. The Bertz CT molecular complexity index is 521. The van der Waals surface area contributed by atoms with E-state index in [1.807, 2.05) is 27.7 Å². The molecule has 1 atom stereocenters. The van der Waals surface area contributed by atoms with Gasteiger partial charge in [0.1, 0.15) is 11.3 Å². The van der Waals surface area contributed by atoms with E-state index in [1.54, 1.807) is 19.2 Å². The molecule has 110 valence electrons. The van der Waals surface area contributed by atoms with E-state index in [9.17, 15) is 14.9 Å². The molecule has 1 aromatic carbocycles. The highest BCUT2D eigenvalue weighted by molar-refractivity contribution is 6.00. The molecule has 0 aromatic heterocycles. The zero-order chi connectivity index (χ0) is 15.5. The van der Waals surface area contributed by atoms with Crippen LogP contribution in [0.25, 0.3) is 0 Å². The number of nitro benzene ring substituents is 1. The molecule has 6 heteroatoms. The fourth-order valence-electron chi connectivity index (χ4n) is 1.62. The van der Waals surface area contributed by atoms with E-state index in [2.05, 4.69) is 10.6 Å². The minimum Gasteiger partial charge on any atom is -0.383 e. The molecule has 1 unspecified atom stereocenters. The van der Waals surface area contributed by atoms with Crippen LogP contribution >= 0.6 is 0 Å². The first-order valence-corrected chi connectivity index (χ1v) is 6.44. The molecule has 1 amide bonds. The quantitative estimate of drug-likeness (QED) is 0.655. The monoisotopic (exact) mass is 279 g/mol. The lowest BCUT2D eigenvalue weighted by Gasteiger charge is -2.28. The van der Waals surface area contributed by atoms with E-state index in [0.717, 1.165) is 0 Å².